The maximum absolute atomic E-state index is 10.9. The van der Waals surface area contributed by atoms with Gasteiger partial charge in [0.25, 0.3) is 0 Å². The van der Waals surface area contributed by atoms with Gasteiger partial charge in [0.05, 0.1) is 0 Å². The largest absolute Gasteiger partial charge is 0.480 e. The number of hydrogen-bond acceptors (Lipinski definition) is 2. The van der Waals surface area contributed by atoms with E-state index in [2.05, 4.69) is 6.92 Å². The molecule has 16 heavy (non-hydrogen) atoms. The van der Waals surface area contributed by atoms with Crippen molar-refractivity contribution in [2.24, 2.45) is 17.6 Å². The van der Waals surface area contributed by atoms with E-state index in [4.69, 9.17) is 10.8 Å². The zero-order valence-electron chi connectivity index (χ0n) is 10.5. The first-order valence-corrected chi connectivity index (χ1v) is 6.46. The van der Waals surface area contributed by atoms with Crippen molar-refractivity contribution in [3.05, 3.63) is 0 Å². The third kappa shape index (κ3) is 3.78. The molecule has 0 saturated heterocycles. The molecule has 94 valence electrons. The average molecular weight is 227 g/mol. The van der Waals surface area contributed by atoms with E-state index in [1.165, 1.54) is 32.1 Å². The fourth-order valence-electron chi connectivity index (χ4n) is 2.57. The van der Waals surface area contributed by atoms with E-state index in [1.54, 1.807) is 6.92 Å². The van der Waals surface area contributed by atoms with Crippen LogP contribution in [0.25, 0.3) is 0 Å². The third-order valence-corrected chi connectivity index (χ3v) is 4.06. The Morgan fingerprint density at radius 1 is 1.44 bits per heavy atom. The summed E-state index contributed by atoms with van der Waals surface area (Å²) in [5.74, 6) is 0.518. The van der Waals surface area contributed by atoms with Gasteiger partial charge in [-0.3, -0.25) is 4.79 Å². The summed E-state index contributed by atoms with van der Waals surface area (Å²) in [6.45, 7) is 3.86. The summed E-state index contributed by atoms with van der Waals surface area (Å²) in [7, 11) is 0. The summed E-state index contributed by atoms with van der Waals surface area (Å²) in [5, 5.41) is 8.94. The number of hydrogen-bond donors (Lipinski definition) is 2. The van der Waals surface area contributed by atoms with Gasteiger partial charge in [0.1, 0.15) is 5.54 Å². The lowest BCUT2D eigenvalue weighted by atomic mass is 9.77. The molecule has 1 aliphatic rings. The highest BCUT2D eigenvalue weighted by Gasteiger charge is 2.29. The maximum atomic E-state index is 10.9. The predicted octanol–water partition coefficient (Wildman–Crippen LogP) is 2.79. The lowest BCUT2D eigenvalue weighted by molar-refractivity contribution is -0.143. The van der Waals surface area contributed by atoms with Crippen LogP contribution in [0.2, 0.25) is 0 Å². The Bertz CT molecular complexity index is 232. The number of carbonyl (C=O) groups is 1. The number of aliphatic carboxylic acids is 1. The van der Waals surface area contributed by atoms with Crippen LogP contribution < -0.4 is 5.73 Å². The van der Waals surface area contributed by atoms with Gasteiger partial charge in [-0.15, -0.1) is 0 Å². The van der Waals surface area contributed by atoms with E-state index in [0.717, 1.165) is 12.3 Å². The molecule has 0 bridgehead atoms. The lowest BCUT2D eigenvalue weighted by Gasteiger charge is -2.29. The van der Waals surface area contributed by atoms with Crippen LogP contribution in [0, 0.1) is 11.8 Å². The summed E-state index contributed by atoms with van der Waals surface area (Å²) in [4.78, 5) is 10.9. The molecule has 0 radical (unpaired) electrons. The lowest BCUT2D eigenvalue weighted by Crippen LogP contribution is -2.45. The number of rotatable bonds is 5. The molecule has 0 amide bonds. The third-order valence-electron chi connectivity index (χ3n) is 4.06. The molecule has 1 rings (SSSR count). The van der Waals surface area contributed by atoms with Crippen molar-refractivity contribution in [1.82, 2.24) is 0 Å². The van der Waals surface area contributed by atoms with E-state index in [1.807, 2.05) is 0 Å². The Morgan fingerprint density at radius 2 is 2.00 bits per heavy atom. The molecule has 1 fully saturated rings. The fraction of sp³-hybridized carbons (Fsp3) is 0.923. The van der Waals surface area contributed by atoms with Crippen molar-refractivity contribution < 1.29 is 9.90 Å². The minimum Gasteiger partial charge on any atom is -0.480 e. The Kier molecular flexibility index (Phi) is 4.78. The van der Waals surface area contributed by atoms with Gasteiger partial charge in [-0.05, 0) is 31.6 Å². The standard InChI is InChI=1S/C13H25NO2/c1-10(11-6-4-3-5-7-11)8-9-13(2,14)12(15)16/h10-11H,3-9,14H2,1-2H3,(H,15,16). The zero-order chi connectivity index (χ0) is 12.2. The van der Waals surface area contributed by atoms with Gasteiger partial charge in [-0.2, -0.15) is 0 Å². The van der Waals surface area contributed by atoms with E-state index in [9.17, 15) is 4.79 Å². The highest BCUT2D eigenvalue weighted by Crippen LogP contribution is 2.32. The van der Waals surface area contributed by atoms with E-state index >= 15 is 0 Å². The van der Waals surface area contributed by atoms with Crippen molar-refractivity contribution in [2.45, 2.75) is 64.3 Å². The van der Waals surface area contributed by atoms with Gasteiger partial charge >= 0.3 is 5.97 Å². The Hall–Kier alpha value is -0.570. The van der Waals surface area contributed by atoms with Crippen molar-refractivity contribution in [1.29, 1.82) is 0 Å². The molecule has 2 atom stereocenters. The highest BCUT2D eigenvalue weighted by molar-refractivity contribution is 5.77. The molecule has 3 N–H and O–H groups in total. The van der Waals surface area contributed by atoms with Crippen LogP contribution in [-0.2, 0) is 4.79 Å². The first kappa shape index (κ1) is 13.5. The zero-order valence-corrected chi connectivity index (χ0v) is 10.5. The number of carboxylic acids is 1. The minimum atomic E-state index is -1.05. The fourth-order valence-corrected chi connectivity index (χ4v) is 2.57. The van der Waals surface area contributed by atoms with Crippen molar-refractivity contribution in [3.63, 3.8) is 0 Å². The summed E-state index contributed by atoms with van der Waals surface area (Å²) in [6, 6.07) is 0. The van der Waals surface area contributed by atoms with Crippen LogP contribution in [-0.4, -0.2) is 16.6 Å². The van der Waals surface area contributed by atoms with Crippen LogP contribution in [0.4, 0.5) is 0 Å². The predicted molar refractivity (Wildman–Crippen MR) is 65.2 cm³/mol. The second-order valence-corrected chi connectivity index (χ2v) is 5.64. The number of nitrogens with two attached hydrogens (primary N) is 1. The van der Waals surface area contributed by atoms with Crippen LogP contribution in [0.15, 0.2) is 0 Å². The molecule has 2 unspecified atom stereocenters. The van der Waals surface area contributed by atoms with Crippen LogP contribution in [0.1, 0.15) is 58.8 Å². The normalized spacial score (nSPS) is 23.7. The Labute approximate surface area is 98.4 Å². The molecule has 1 aliphatic carbocycles. The average Bonchev–Trinajstić information content (AvgIpc) is 2.27. The van der Waals surface area contributed by atoms with Crippen LogP contribution in [0.5, 0.6) is 0 Å². The molecule has 0 heterocycles. The molecular weight excluding hydrogens is 202 g/mol. The topological polar surface area (TPSA) is 63.3 Å². The van der Waals surface area contributed by atoms with Crippen LogP contribution in [0.3, 0.4) is 0 Å². The quantitative estimate of drug-likeness (QED) is 0.759. The summed E-state index contributed by atoms with van der Waals surface area (Å²) >= 11 is 0. The molecular formula is C13H25NO2. The molecule has 0 aromatic carbocycles. The van der Waals surface area contributed by atoms with Crippen molar-refractivity contribution in [2.75, 3.05) is 0 Å². The van der Waals surface area contributed by atoms with E-state index in [0.29, 0.717) is 12.3 Å². The first-order chi connectivity index (χ1) is 7.43. The SMILES string of the molecule is CC(CCC(C)(N)C(=O)O)C1CCCCC1. The molecule has 3 nitrogen and oxygen atoms in total. The van der Waals surface area contributed by atoms with Crippen molar-refractivity contribution in [3.8, 4) is 0 Å². The van der Waals surface area contributed by atoms with Gasteiger partial charge in [0, 0.05) is 0 Å². The molecule has 0 aromatic heterocycles. The summed E-state index contributed by atoms with van der Waals surface area (Å²) in [5.41, 5.74) is 4.69. The monoisotopic (exact) mass is 227 g/mol. The smallest absolute Gasteiger partial charge is 0.323 e. The van der Waals surface area contributed by atoms with Gasteiger partial charge in [0.2, 0.25) is 0 Å². The highest BCUT2D eigenvalue weighted by atomic mass is 16.4. The van der Waals surface area contributed by atoms with E-state index in [-0.39, 0.29) is 0 Å². The van der Waals surface area contributed by atoms with Gasteiger partial charge in [-0.1, -0.05) is 39.0 Å². The molecule has 0 aliphatic heterocycles. The second-order valence-electron chi connectivity index (χ2n) is 5.64. The van der Waals surface area contributed by atoms with Crippen LogP contribution >= 0.6 is 0 Å². The Balaban J connectivity index is 2.33. The molecule has 0 aromatic rings. The summed E-state index contributed by atoms with van der Waals surface area (Å²) < 4.78 is 0. The molecule has 0 spiro atoms. The minimum absolute atomic E-state index is 0.583. The van der Waals surface area contributed by atoms with Gasteiger partial charge < -0.3 is 10.8 Å². The molecule has 1 saturated carbocycles. The molecule has 3 heteroatoms. The van der Waals surface area contributed by atoms with Gasteiger partial charge in [0.15, 0.2) is 0 Å². The van der Waals surface area contributed by atoms with E-state index < -0.39 is 11.5 Å². The maximum Gasteiger partial charge on any atom is 0.323 e. The second kappa shape index (κ2) is 5.67. The first-order valence-electron chi connectivity index (χ1n) is 6.46. The van der Waals surface area contributed by atoms with Gasteiger partial charge in [-0.25, -0.2) is 0 Å². The Morgan fingerprint density at radius 3 is 2.50 bits per heavy atom. The summed E-state index contributed by atoms with van der Waals surface area (Å²) in [6.07, 6.45) is 8.20. The number of carboxylic acid groups (broad SMARTS) is 1. The van der Waals surface area contributed by atoms with Crippen molar-refractivity contribution >= 4 is 5.97 Å².